The molecule has 23 heavy (non-hydrogen) atoms. The van der Waals surface area contributed by atoms with Crippen molar-refractivity contribution in [2.45, 2.75) is 32.7 Å². The van der Waals surface area contributed by atoms with E-state index in [0.717, 1.165) is 0 Å². The average Bonchev–Trinajstić information content (AvgIpc) is 2.45. The first-order valence-corrected chi connectivity index (χ1v) is 7.84. The van der Waals surface area contributed by atoms with E-state index in [4.69, 9.17) is 0 Å². The zero-order valence-electron chi connectivity index (χ0n) is 13.9. The normalized spacial score (nSPS) is 15.5. The van der Waals surface area contributed by atoms with Crippen molar-refractivity contribution in [3.8, 4) is 0 Å². The van der Waals surface area contributed by atoms with Crippen LogP contribution < -0.4 is 5.32 Å². The van der Waals surface area contributed by atoms with Crippen LogP contribution in [0.15, 0.2) is 24.3 Å². The van der Waals surface area contributed by atoms with Crippen molar-refractivity contribution >= 4 is 11.9 Å². The number of carbonyl (C=O) groups is 2. The fraction of sp³-hybridized carbons (Fsp3) is 0.529. The van der Waals surface area contributed by atoms with Gasteiger partial charge >= 0.3 is 6.03 Å². The summed E-state index contributed by atoms with van der Waals surface area (Å²) in [6.45, 7) is 7.84. The molecule has 3 amide bonds. The van der Waals surface area contributed by atoms with Crippen LogP contribution in [0.3, 0.4) is 0 Å². The highest BCUT2D eigenvalue weighted by Gasteiger charge is 2.26. The summed E-state index contributed by atoms with van der Waals surface area (Å²) in [5.74, 6) is -0.370. The SMILES string of the molecule is CC(C)(C)NC(=O)N1CCN(C(=O)Cc2cccc(F)c2)CC1. The van der Waals surface area contributed by atoms with Crippen LogP contribution in [-0.2, 0) is 11.2 Å². The summed E-state index contributed by atoms with van der Waals surface area (Å²) in [5, 5.41) is 2.92. The van der Waals surface area contributed by atoms with Crippen molar-refractivity contribution in [3.63, 3.8) is 0 Å². The number of amides is 3. The summed E-state index contributed by atoms with van der Waals surface area (Å²) in [5.41, 5.74) is 0.393. The van der Waals surface area contributed by atoms with Crippen LogP contribution in [0.25, 0.3) is 0 Å². The highest BCUT2D eigenvalue weighted by molar-refractivity contribution is 5.79. The Morgan fingerprint density at radius 1 is 1.13 bits per heavy atom. The van der Waals surface area contributed by atoms with Crippen molar-refractivity contribution in [3.05, 3.63) is 35.6 Å². The predicted molar refractivity (Wildman–Crippen MR) is 86.5 cm³/mol. The van der Waals surface area contributed by atoms with Crippen LogP contribution in [0, 0.1) is 5.82 Å². The van der Waals surface area contributed by atoms with E-state index in [1.807, 2.05) is 20.8 Å². The van der Waals surface area contributed by atoms with Gasteiger partial charge in [-0.25, -0.2) is 9.18 Å². The molecule has 1 aromatic rings. The molecule has 1 fully saturated rings. The molecule has 0 radical (unpaired) electrons. The molecule has 1 saturated heterocycles. The van der Waals surface area contributed by atoms with Crippen LogP contribution in [-0.4, -0.2) is 53.5 Å². The molecule has 0 aromatic heterocycles. The summed E-state index contributed by atoms with van der Waals surface area (Å²) >= 11 is 0. The van der Waals surface area contributed by atoms with E-state index in [1.54, 1.807) is 21.9 Å². The van der Waals surface area contributed by atoms with Gasteiger partial charge < -0.3 is 15.1 Å². The molecule has 5 nitrogen and oxygen atoms in total. The number of carbonyl (C=O) groups excluding carboxylic acids is 2. The van der Waals surface area contributed by atoms with E-state index >= 15 is 0 Å². The number of nitrogens with one attached hydrogen (secondary N) is 1. The summed E-state index contributed by atoms with van der Waals surface area (Å²) in [6.07, 6.45) is 0.186. The van der Waals surface area contributed by atoms with Crippen LogP contribution in [0.4, 0.5) is 9.18 Å². The van der Waals surface area contributed by atoms with Crippen LogP contribution >= 0.6 is 0 Å². The quantitative estimate of drug-likeness (QED) is 0.906. The van der Waals surface area contributed by atoms with Crippen LogP contribution in [0.5, 0.6) is 0 Å². The first-order chi connectivity index (χ1) is 10.7. The minimum Gasteiger partial charge on any atom is -0.339 e. The maximum Gasteiger partial charge on any atom is 0.317 e. The number of urea groups is 1. The largest absolute Gasteiger partial charge is 0.339 e. The van der Waals surface area contributed by atoms with E-state index < -0.39 is 0 Å². The topological polar surface area (TPSA) is 52.7 Å². The van der Waals surface area contributed by atoms with Gasteiger partial charge in [0.2, 0.25) is 5.91 Å². The maximum atomic E-state index is 13.2. The lowest BCUT2D eigenvalue weighted by molar-refractivity contribution is -0.131. The molecule has 1 aliphatic heterocycles. The van der Waals surface area contributed by atoms with Gasteiger partial charge in [0.05, 0.1) is 6.42 Å². The standard InChI is InChI=1S/C17H24FN3O2/c1-17(2,3)19-16(23)21-9-7-20(8-10-21)15(22)12-13-5-4-6-14(18)11-13/h4-6,11H,7-10,12H2,1-3H3,(H,19,23). The second-order valence-corrected chi connectivity index (χ2v) is 6.85. The monoisotopic (exact) mass is 321 g/mol. The van der Waals surface area contributed by atoms with Gasteiger partial charge in [-0.3, -0.25) is 4.79 Å². The average molecular weight is 321 g/mol. The molecule has 0 aliphatic carbocycles. The zero-order chi connectivity index (χ0) is 17.0. The minimum atomic E-state index is -0.334. The lowest BCUT2D eigenvalue weighted by Gasteiger charge is -2.36. The van der Waals surface area contributed by atoms with E-state index in [2.05, 4.69) is 5.32 Å². The van der Waals surface area contributed by atoms with E-state index in [0.29, 0.717) is 31.7 Å². The number of piperazine rings is 1. The molecule has 0 saturated carbocycles. The van der Waals surface area contributed by atoms with E-state index in [1.165, 1.54) is 12.1 Å². The molecule has 1 heterocycles. The van der Waals surface area contributed by atoms with Crippen LogP contribution in [0.2, 0.25) is 0 Å². The second-order valence-electron chi connectivity index (χ2n) is 6.85. The Balaban J connectivity index is 1.84. The molecule has 6 heteroatoms. The van der Waals surface area contributed by atoms with Crippen LogP contribution in [0.1, 0.15) is 26.3 Å². The Labute approximate surface area is 136 Å². The molecule has 0 bridgehead atoms. The summed E-state index contributed by atoms with van der Waals surface area (Å²) < 4.78 is 13.2. The minimum absolute atomic E-state index is 0.0357. The predicted octanol–water partition coefficient (Wildman–Crippen LogP) is 2.02. The zero-order valence-corrected chi connectivity index (χ0v) is 13.9. The van der Waals surface area contributed by atoms with Gasteiger partial charge in [-0.1, -0.05) is 12.1 Å². The molecule has 0 unspecified atom stereocenters. The highest BCUT2D eigenvalue weighted by atomic mass is 19.1. The molecular weight excluding hydrogens is 297 g/mol. The number of hydrogen-bond donors (Lipinski definition) is 1. The van der Waals surface area contributed by atoms with Crippen molar-refractivity contribution in [2.24, 2.45) is 0 Å². The number of rotatable bonds is 2. The summed E-state index contributed by atoms with van der Waals surface area (Å²) in [7, 11) is 0. The first-order valence-electron chi connectivity index (χ1n) is 7.84. The Bertz CT molecular complexity index is 575. The van der Waals surface area contributed by atoms with Gasteiger partial charge in [-0.05, 0) is 38.5 Å². The van der Waals surface area contributed by atoms with Gasteiger partial charge in [0, 0.05) is 31.7 Å². The number of benzene rings is 1. The fourth-order valence-corrected chi connectivity index (χ4v) is 2.49. The summed E-state index contributed by atoms with van der Waals surface area (Å²) in [4.78, 5) is 27.8. The van der Waals surface area contributed by atoms with E-state index in [-0.39, 0.29) is 29.7 Å². The number of nitrogens with zero attached hydrogens (tertiary/aromatic N) is 2. The smallest absolute Gasteiger partial charge is 0.317 e. The van der Waals surface area contributed by atoms with E-state index in [9.17, 15) is 14.0 Å². The van der Waals surface area contributed by atoms with Gasteiger partial charge in [-0.2, -0.15) is 0 Å². The lowest BCUT2D eigenvalue weighted by Crippen LogP contribution is -2.56. The Kier molecular flexibility index (Phi) is 5.23. The van der Waals surface area contributed by atoms with Crippen molar-refractivity contribution in [1.29, 1.82) is 0 Å². The number of hydrogen-bond acceptors (Lipinski definition) is 2. The molecule has 0 atom stereocenters. The summed E-state index contributed by atoms with van der Waals surface area (Å²) in [6, 6.07) is 5.99. The van der Waals surface area contributed by atoms with Crippen molar-refractivity contribution < 1.29 is 14.0 Å². The third-order valence-electron chi connectivity index (χ3n) is 3.65. The Hall–Kier alpha value is -2.11. The first kappa shape index (κ1) is 17.2. The Morgan fingerprint density at radius 2 is 1.74 bits per heavy atom. The maximum absolute atomic E-state index is 13.2. The Morgan fingerprint density at radius 3 is 2.30 bits per heavy atom. The van der Waals surface area contributed by atoms with Crippen molar-refractivity contribution in [1.82, 2.24) is 15.1 Å². The molecule has 1 aromatic carbocycles. The molecule has 0 spiro atoms. The molecule has 1 N–H and O–H groups in total. The molecular formula is C17H24FN3O2. The molecule has 126 valence electrons. The van der Waals surface area contributed by atoms with Gasteiger partial charge in [0.25, 0.3) is 0 Å². The molecule has 2 rings (SSSR count). The van der Waals surface area contributed by atoms with Crippen molar-refractivity contribution in [2.75, 3.05) is 26.2 Å². The second kappa shape index (κ2) is 6.98. The third kappa shape index (κ3) is 5.23. The molecule has 1 aliphatic rings. The third-order valence-corrected chi connectivity index (χ3v) is 3.65. The highest BCUT2D eigenvalue weighted by Crippen LogP contribution is 2.10. The lowest BCUT2D eigenvalue weighted by atomic mass is 10.1. The van der Waals surface area contributed by atoms with Gasteiger partial charge in [0.1, 0.15) is 5.82 Å². The fourth-order valence-electron chi connectivity index (χ4n) is 2.49. The van der Waals surface area contributed by atoms with Gasteiger partial charge in [-0.15, -0.1) is 0 Å². The van der Waals surface area contributed by atoms with Gasteiger partial charge in [0.15, 0.2) is 0 Å². The number of halogens is 1.